The van der Waals surface area contributed by atoms with Crippen molar-refractivity contribution in [3.63, 3.8) is 0 Å². The van der Waals surface area contributed by atoms with E-state index in [1.807, 2.05) is 27.7 Å². The van der Waals surface area contributed by atoms with E-state index in [1.165, 1.54) is 12.8 Å². The molecule has 19 heavy (non-hydrogen) atoms. The number of nitrogens with one attached hydrogen (secondary N) is 1. The van der Waals surface area contributed by atoms with E-state index in [4.69, 9.17) is 9.31 Å². The van der Waals surface area contributed by atoms with Gasteiger partial charge in [-0.3, -0.25) is 0 Å². The second-order valence-corrected chi connectivity index (χ2v) is 6.35. The van der Waals surface area contributed by atoms with Crippen LogP contribution in [0.3, 0.4) is 0 Å². The third-order valence-corrected chi connectivity index (χ3v) is 4.11. The van der Waals surface area contributed by atoms with Crippen molar-refractivity contribution in [1.82, 2.24) is 9.97 Å². The van der Waals surface area contributed by atoms with Crippen LogP contribution in [0.1, 0.15) is 40.5 Å². The topological polar surface area (TPSA) is 56.3 Å². The quantitative estimate of drug-likeness (QED) is 0.832. The normalized spacial score (nSPS) is 24.5. The van der Waals surface area contributed by atoms with Gasteiger partial charge < -0.3 is 14.6 Å². The number of rotatable bonds is 3. The van der Waals surface area contributed by atoms with Gasteiger partial charge in [-0.25, -0.2) is 9.97 Å². The van der Waals surface area contributed by atoms with Crippen LogP contribution in [-0.2, 0) is 9.31 Å². The molecule has 3 rings (SSSR count). The monoisotopic (exact) mass is 261 g/mol. The van der Waals surface area contributed by atoms with E-state index in [0.717, 1.165) is 5.46 Å². The molecule has 2 fully saturated rings. The number of anilines is 1. The maximum atomic E-state index is 5.96. The molecule has 6 heteroatoms. The first-order chi connectivity index (χ1) is 8.87. The predicted octanol–water partition coefficient (Wildman–Crippen LogP) is 1.35. The fourth-order valence-corrected chi connectivity index (χ4v) is 1.92. The van der Waals surface area contributed by atoms with E-state index < -0.39 is 0 Å². The van der Waals surface area contributed by atoms with Crippen LogP contribution in [0.25, 0.3) is 0 Å². The first-order valence-electron chi connectivity index (χ1n) is 6.81. The van der Waals surface area contributed by atoms with Gasteiger partial charge in [-0.1, -0.05) is 0 Å². The molecule has 0 amide bonds. The maximum Gasteiger partial charge on any atom is 0.498 e. The van der Waals surface area contributed by atoms with Crippen LogP contribution in [0.2, 0.25) is 0 Å². The Morgan fingerprint density at radius 3 is 2.11 bits per heavy atom. The van der Waals surface area contributed by atoms with Gasteiger partial charge in [0.25, 0.3) is 0 Å². The third-order valence-electron chi connectivity index (χ3n) is 4.11. The molecule has 102 valence electrons. The zero-order valence-electron chi connectivity index (χ0n) is 11.9. The minimum absolute atomic E-state index is 0.331. The second-order valence-electron chi connectivity index (χ2n) is 6.35. The fraction of sp³-hybridized carbons (Fsp3) is 0.692. The van der Waals surface area contributed by atoms with Gasteiger partial charge in [-0.05, 0) is 40.5 Å². The number of hydrogen-bond acceptors (Lipinski definition) is 5. The molecule has 0 bridgehead atoms. The molecule has 0 unspecified atom stereocenters. The summed E-state index contributed by atoms with van der Waals surface area (Å²) in [7, 11) is -0.389. The van der Waals surface area contributed by atoms with Gasteiger partial charge in [0.2, 0.25) is 5.95 Å². The Hall–Kier alpha value is -1.14. The van der Waals surface area contributed by atoms with Gasteiger partial charge in [0.05, 0.1) is 11.2 Å². The lowest BCUT2D eigenvalue weighted by molar-refractivity contribution is 0.00578. The summed E-state index contributed by atoms with van der Waals surface area (Å²) >= 11 is 0. The van der Waals surface area contributed by atoms with Crippen LogP contribution in [0, 0.1) is 0 Å². The third kappa shape index (κ3) is 2.47. The summed E-state index contributed by atoms with van der Waals surface area (Å²) < 4.78 is 11.9. The average molecular weight is 261 g/mol. The SMILES string of the molecule is CC1(C)OB(c2cnc(NC3CC3)nc2)OC1(C)C. The second kappa shape index (κ2) is 4.18. The van der Waals surface area contributed by atoms with Crippen LogP contribution in [-0.4, -0.2) is 34.3 Å². The lowest BCUT2D eigenvalue weighted by atomic mass is 9.81. The summed E-state index contributed by atoms with van der Waals surface area (Å²) in [5.41, 5.74) is 0.200. The Morgan fingerprint density at radius 2 is 1.63 bits per heavy atom. The first-order valence-corrected chi connectivity index (χ1v) is 6.81. The van der Waals surface area contributed by atoms with Crippen LogP contribution in [0.4, 0.5) is 5.95 Å². The highest BCUT2D eigenvalue weighted by Gasteiger charge is 2.51. The molecule has 1 aliphatic carbocycles. The Bertz CT molecular complexity index is 455. The van der Waals surface area contributed by atoms with Gasteiger partial charge in [0.15, 0.2) is 0 Å². The molecule has 2 heterocycles. The zero-order valence-corrected chi connectivity index (χ0v) is 11.9. The van der Waals surface area contributed by atoms with E-state index in [2.05, 4.69) is 15.3 Å². The summed E-state index contributed by atoms with van der Waals surface area (Å²) in [4.78, 5) is 8.63. The van der Waals surface area contributed by atoms with Crippen molar-refractivity contribution in [2.75, 3.05) is 5.32 Å². The molecular weight excluding hydrogens is 241 g/mol. The molecular formula is C13H20BN3O2. The van der Waals surface area contributed by atoms with Crippen molar-refractivity contribution in [3.05, 3.63) is 12.4 Å². The summed E-state index contributed by atoms with van der Waals surface area (Å²) in [6, 6.07) is 0.558. The highest BCUT2D eigenvalue weighted by Crippen LogP contribution is 2.36. The highest BCUT2D eigenvalue weighted by molar-refractivity contribution is 6.61. The summed E-state index contributed by atoms with van der Waals surface area (Å²) in [6.45, 7) is 8.15. The molecule has 1 saturated carbocycles. The van der Waals surface area contributed by atoms with Gasteiger partial charge in [-0.15, -0.1) is 0 Å². The summed E-state index contributed by atoms with van der Waals surface area (Å²) in [6.07, 6.45) is 5.98. The van der Waals surface area contributed by atoms with Crippen molar-refractivity contribution in [2.24, 2.45) is 0 Å². The first kappa shape index (κ1) is 12.9. The number of hydrogen-bond donors (Lipinski definition) is 1. The summed E-state index contributed by atoms with van der Waals surface area (Å²) in [5, 5.41) is 3.26. The smallest absolute Gasteiger partial charge is 0.399 e. The molecule has 1 aliphatic heterocycles. The maximum absolute atomic E-state index is 5.96. The highest BCUT2D eigenvalue weighted by atomic mass is 16.7. The summed E-state index contributed by atoms with van der Waals surface area (Å²) in [5.74, 6) is 0.683. The van der Waals surface area contributed by atoms with E-state index in [0.29, 0.717) is 12.0 Å². The minimum Gasteiger partial charge on any atom is -0.399 e. The van der Waals surface area contributed by atoms with Crippen molar-refractivity contribution in [1.29, 1.82) is 0 Å². The lowest BCUT2D eigenvalue weighted by Gasteiger charge is -2.32. The van der Waals surface area contributed by atoms with Crippen LogP contribution >= 0.6 is 0 Å². The molecule has 0 radical (unpaired) electrons. The molecule has 0 aromatic carbocycles. The van der Waals surface area contributed by atoms with Gasteiger partial charge in [-0.2, -0.15) is 0 Å². The van der Waals surface area contributed by atoms with Gasteiger partial charge in [0.1, 0.15) is 0 Å². The molecule has 1 saturated heterocycles. The van der Waals surface area contributed by atoms with E-state index in [9.17, 15) is 0 Å². The molecule has 1 N–H and O–H groups in total. The van der Waals surface area contributed by atoms with Crippen molar-refractivity contribution in [2.45, 2.75) is 57.8 Å². The average Bonchev–Trinajstić information content (AvgIpc) is 3.08. The van der Waals surface area contributed by atoms with Gasteiger partial charge in [0, 0.05) is 23.9 Å². The molecule has 0 spiro atoms. The zero-order chi connectivity index (χ0) is 13.7. The predicted molar refractivity (Wildman–Crippen MR) is 74.4 cm³/mol. The van der Waals surface area contributed by atoms with Crippen molar-refractivity contribution < 1.29 is 9.31 Å². The molecule has 2 aliphatic rings. The Balaban J connectivity index is 1.72. The van der Waals surface area contributed by atoms with Crippen molar-refractivity contribution in [3.8, 4) is 0 Å². The minimum atomic E-state index is -0.389. The van der Waals surface area contributed by atoms with E-state index in [1.54, 1.807) is 12.4 Å². The Morgan fingerprint density at radius 1 is 1.11 bits per heavy atom. The van der Waals surface area contributed by atoms with Crippen molar-refractivity contribution >= 4 is 18.5 Å². The number of nitrogens with zero attached hydrogens (tertiary/aromatic N) is 2. The molecule has 5 nitrogen and oxygen atoms in total. The number of aromatic nitrogens is 2. The largest absolute Gasteiger partial charge is 0.498 e. The van der Waals surface area contributed by atoms with Crippen LogP contribution in [0.15, 0.2) is 12.4 Å². The van der Waals surface area contributed by atoms with Crippen LogP contribution < -0.4 is 10.8 Å². The fourth-order valence-electron chi connectivity index (χ4n) is 1.92. The standard InChI is InChI=1S/C13H20BN3O2/c1-12(2)13(3,4)19-14(18-12)9-7-15-11(16-8-9)17-10-5-6-10/h7-8,10H,5-6H2,1-4H3,(H,15,16,17). The Labute approximate surface area is 114 Å². The van der Waals surface area contributed by atoms with Crippen LogP contribution in [0.5, 0.6) is 0 Å². The lowest BCUT2D eigenvalue weighted by Crippen LogP contribution is -2.41. The Kier molecular flexibility index (Phi) is 2.83. The molecule has 1 aromatic heterocycles. The molecule has 0 atom stereocenters. The molecule has 1 aromatic rings. The van der Waals surface area contributed by atoms with E-state index >= 15 is 0 Å². The van der Waals surface area contributed by atoms with E-state index in [-0.39, 0.29) is 18.3 Å². The van der Waals surface area contributed by atoms with Gasteiger partial charge >= 0.3 is 7.12 Å².